The molecule has 1 amide bonds. The lowest BCUT2D eigenvalue weighted by Crippen LogP contribution is -2.34. The van der Waals surface area contributed by atoms with Crippen LogP contribution in [0.2, 0.25) is 0 Å². The molecule has 0 aromatic heterocycles. The quantitative estimate of drug-likeness (QED) is 0.495. The molecule has 1 rings (SSSR count). The zero-order chi connectivity index (χ0) is 19.1. The van der Waals surface area contributed by atoms with Crippen molar-refractivity contribution >= 4 is 32.1 Å². The van der Waals surface area contributed by atoms with Crippen LogP contribution in [0.1, 0.15) is 45.1 Å². The number of carbonyl (C=O) groups is 1. The first kappa shape index (κ1) is 21.9. The molecule has 0 radical (unpaired) electrons. The first-order chi connectivity index (χ1) is 11.5. The molecule has 0 spiro atoms. The SMILES string of the molecule is CC(C)(C)OC(=O)NCC(CCCOS(C)(=O)=O)c1ccc(Br)cc1. The minimum absolute atomic E-state index is 0.0313. The van der Waals surface area contributed by atoms with Gasteiger partial charge in [-0.1, -0.05) is 28.1 Å². The van der Waals surface area contributed by atoms with Gasteiger partial charge in [0.05, 0.1) is 12.9 Å². The van der Waals surface area contributed by atoms with Crippen molar-refractivity contribution < 1.29 is 22.1 Å². The van der Waals surface area contributed by atoms with Crippen molar-refractivity contribution in [2.75, 3.05) is 19.4 Å². The zero-order valence-corrected chi connectivity index (χ0v) is 17.4. The van der Waals surface area contributed by atoms with Crippen LogP contribution in [0.25, 0.3) is 0 Å². The van der Waals surface area contributed by atoms with Crippen molar-refractivity contribution in [2.24, 2.45) is 0 Å². The Morgan fingerprint density at radius 3 is 2.36 bits per heavy atom. The first-order valence-corrected chi connectivity index (χ1v) is 10.6. The van der Waals surface area contributed by atoms with Crippen molar-refractivity contribution in [1.82, 2.24) is 5.32 Å². The van der Waals surface area contributed by atoms with E-state index >= 15 is 0 Å². The molecule has 0 saturated carbocycles. The van der Waals surface area contributed by atoms with Gasteiger partial charge < -0.3 is 10.1 Å². The maximum Gasteiger partial charge on any atom is 0.407 e. The van der Waals surface area contributed by atoms with E-state index in [4.69, 9.17) is 8.92 Å². The van der Waals surface area contributed by atoms with Crippen molar-refractivity contribution in [1.29, 1.82) is 0 Å². The van der Waals surface area contributed by atoms with Crippen LogP contribution in [0, 0.1) is 0 Å². The van der Waals surface area contributed by atoms with Crippen LogP contribution in [0.5, 0.6) is 0 Å². The third kappa shape index (κ3) is 10.5. The normalized spacial score (nSPS) is 13.3. The summed E-state index contributed by atoms with van der Waals surface area (Å²) in [5.41, 5.74) is 0.499. The van der Waals surface area contributed by atoms with Crippen LogP contribution in [-0.4, -0.2) is 39.5 Å². The van der Waals surface area contributed by atoms with E-state index < -0.39 is 21.8 Å². The fraction of sp³-hybridized carbons (Fsp3) is 0.588. The van der Waals surface area contributed by atoms with E-state index in [0.29, 0.717) is 19.4 Å². The molecule has 142 valence electrons. The zero-order valence-electron chi connectivity index (χ0n) is 15.0. The molecule has 1 aromatic carbocycles. The van der Waals surface area contributed by atoms with E-state index in [0.717, 1.165) is 16.3 Å². The number of benzene rings is 1. The van der Waals surface area contributed by atoms with Gasteiger partial charge in [0.15, 0.2) is 0 Å². The van der Waals surface area contributed by atoms with Crippen molar-refractivity contribution in [2.45, 2.75) is 45.1 Å². The molecule has 1 unspecified atom stereocenters. The summed E-state index contributed by atoms with van der Waals surface area (Å²) in [7, 11) is -3.43. The second-order valence-corrected chi connectivity index (χ2v) is 9.36. The van der Waals surface area contributed by atoms with Gasteiger partial charge in [-0.2, -0.15) is 8.42 Å². The number of alkyl carbamates (subject to hydrolysis) is 1. The number of hydrogen-bond acceptors (Lipinski definition) is 5. The summed E-state index contributed by atoms with van der Waals surface area (Å²) in [6, 6.07) is 7.82. The fourth-order valence-electron chi connectivity index (χ4n) is 2.18. The van der Waals surface area contributed by atoms with E-state index in [1.165, 1.54) is 0 Å². The van der Waals surface area contributed by atoms with Gasteiger partial charge in [0.25, 0.3) is 10.1 Å². The van der Waals surface area contributed by atoms with E-state index in [1.54, 1.807) is 20.8 Å². The molecular weight excluding hydrogens is 410 g/mol. The van der Waals surface area contributed by atoms with Gasteiger partial charge in [0, 0.05) is 16.9 Å². The Morgan fingerprint density at radius 2 is 1.84 bits per heavy atom. The number of ether oxygens (including phenoxy) is 1. The first-order valence-electron chi connectivity index (χ1n) is 8.03. The molecule has 1 N–H and O–H groups in total. The van der Waals surface area contributed by atoms with Gasteiger partial charge in [-0.05, 0) is 51.3 Å². The highest BCUT2D eigenvalue weighted by molar-refractivity contribution is 9.10. The van der Waals surface area contributed by atoms with E-state index in [2.05, 4.69) is 21.2 Å². The number of halogens is 1. The summed E-state index contributed by atoms with van der Waals surface area (Å²) in [4.78, 5) is 11.9. The summed E-state index contributed by atoms with van der Waals surface area (Å²) in [5, 5.41) is 2.78. The van der Waals surface area contributed by atoms with Crippen molar-refractivity contribution in [3.05, 3.63) is 34.3 Å². The second-order valence-electron chi connectivity index (χ2n) is 6.80. The van der Waals surface area contributed by atoms with Crippen LogP contribution in [0.3, 0.4) is 0 Å². The van der Waals surface area contributed by atoms with Crippen molar-refractivity contribution in [3.63, 3.8) is 0 Å². The summed E-state index contributed by atoms with van der Waals surface area (Å²) < 4.78 is 33.1. The van der Waals surface area contributed by atoms with Gasteiger partial charge in [-0.15, -0.1) is 0 Å². The van der Waals surface area contributed by atoms with Gasteiger partial charge in [-0.25, -0.2) is 4.79 Å². The number of nitrogens with one attached hydrogen (secondary N) is 1. The van der Waals surface area contributed by atoms with E-state index in [9.17, 15) is 13.2 Å². The average molecular weight is 436 g/mol. The highest BCUT2D eigenvalue weighted by Crippen LogP contribution is 2.23. The lowest BCUT2D eigenvalue weighted by Gasteiger charge is -2.22. The molecule has 0 aliphatic heterocycles. The van der Waals surface area contributed by atoms with Crippen LogP contribution in [-0.2, 0) is 19.0 Å². The Morgan fingerprint density at radius 1 is 1.24 bits per heavy atom. The molecule has 0 aliphatic rings. The molecule has 0 fully saturated rings. The summed E-state index contributed by atoms with van der Waals surface area (Å²) in [6.45, 7) is 5.94. The molecule has 8 heteroatoms. The number of amides is 1. The smallest absolute Gasteiger partial charge is 0.407 e. The maximum absolute atomic E-state index is 11.9. The molecule has 1 aromatic rings. The fourth-order valence-corrected chi connectivity index (χ4v) is 2.87. The molecule has 1 atom stereocenters. The average Bonchev–Trinajstić information content (AvgIpc) is 2.44. The maximum atomic E-state index is 11.9. The molecule has 25 heavy (non-hydrogen) atoms. The molecule has 0 saturated heterocycles. The standard InChI is InChI=1S/C17H26BrNO5S/c1-17(2,3)24-16(20)19-12-14(6-5-11-23-25(4,21)22)13-7-9-15(18)10-8-13/h7-10,14H,5-6,11-12H2,1-4H3,(H,19,20). The topological polar surface area (TPSA) is 81.7 Å². The largest absolute Gasteiger partial charge is 0.444 e. The Hall–Kier alpha value is -1.12. The Kier molecular flexibility index (Phi) is 8.37. The molecule has 0 aliphatic carbocycles. The van der Waals surface area contributed by atoms with Gasteiger partial charge in [0.2, 0.25) is 0 Å². The monoisotopic (exact) mass is 435 g/mol. The van der Waals surface area contributed by atoms with Crippen LogP contribution < -0.4 is 5.32 Å². The third-order valence-electron chi connectivity index (χ3n) is 3.23. The summed E-state index contributed by atoms with van der Waals surface area (Å²) in [6.07, 6.45) is 1.79. The summed E-state index contributed by atoms with van der Waals surface area (Å²) in [5.74, 6) is 0.0313. The minimum atomic E-state index is -3.43. The van der Waals surface area contributed by atoms with Gasteiger partial charge in [-0.3, -0.25) is 4.18 Å². The molecular formula is C17H26BrNO5S. The van der Waals surface area contributed by atoms with Crippen molar-refractivity contribution in [3.8, 4) is 0 Å². The van der Waals surface area contributed by atoms with Gasteiger partial charge in [0.1, 0.15) is 5.60 Å². The third-order valence-corrected chi connectivity index (χ3v) is 4.35. The van der Waals surface area contributed by atoms with Crippen LogP contribution in [0.4, 0.5) is 4.79 Å². The second kappa shape index (κ2) is 9.54. The molecule has 6 nitrogen and oxygen atoms in total. The minimum Gasteiger partial charge on any atom is -0.444 e. The van der Waals surface area contributed by atoms with Crippen LogP contribution >= 0.6 is 15.9 Å². The lowest BCUT2D eigenvalue weighted by molar-refractivity contribution is 0.0523. The highest BCUT2D eigenvalue weighted by Gasteiger charge is 2.18. The number of hydrogen-bond donors (Lipinski definition) is 1. The Balaban J connectivity index is 2.65. The number of rotatable bonds is 8. The molecule has 0 heterocycles. The predicted molar refractivity (Wildman–Crippen MR) is 101 cm³/mol. The summed E-state index contributed by atoms with van der Waals surface area (Å²) >= 11 is 3.40. The predicted octanol–water partition coefficient (Wildman–Crippen LogP) is 3.81. The van der Waals surface area contributed by atoms with E-state index in [1.807, 2.05) is 24.3 Å². The Labute approximate surface area is 158 Å². The van der Waals surface area contributed by atoms with E-state index in [-0.39, 0.29) is 12.5 Å². The number of carbonyl (C=O) groups excluding carboxylic acids is 1. The highest BCUT2D eigenvalue weighted by atomic mass is 79.9. The van der Waals surface area contributed by atoms with Crippen LogP contribution in [0.15, 0.2) is 28.7 Å². The Bertz CT molecular complexity index is 653. The lowest BCUT2D eigenvalue weighted by atomic mass is 9.94. The molecule has 0 bridgehead atoms. The van der Waals surface area contributed by atoms with Gasteiger partial charge >= 0.3 is 6.09 Å².